The van der Waals surface area contributed by atoms with Gasteiger partial charge in [0.25, 0.3) is 0 Å². The minimum atomic E-state index is -0.736. The summed E-state index contributed by atoms with van der Waals surface area (Å²) in [5.41, 5.74) is 3.91. The standard InChI is InChI=1S/C18H25N5O3/c1-4-13-15(23-8-7-12(9-23)11(2)18(25)26)6-5-14(19-13)17-16(10-24)22(3)21-20-17/h5-6,11-12,24H,4,7-10H2,1-3H3,(H,25,26)/t11?,12-/m1/s1. The van der Waals surface area contributed by atoms with Crippen molar-refractivity contribution in [3.05, 3.63) is 23.5 Å². The van der Waals surface area contributed by atoms with Crippen molar-refractivity contribution in [2.45, 2.75) is 33.3 Å². The lowest BCUT2D eigenvalue weighted by atomic mass is 9.94. The van der Waals surface area contributed by atoms with Crippen molar-refractivity contribution >= 4 is 11.7 Å². The molecule has 0 bridgehead atoms. The Morgan fingerprint density at radius 2 is 2.19 bits per heavy atom. The van der Waals surface area contributed by atoms with E-state index in [1.54, 1.807) is 18.7 Å². The summed E-state index contributed by atoms with van der Waals surface area (Å²) in [5.74, 6) is -0.929. The maximum Gasteiger partial charge on any atom is 0.306 e. The van der Waals surface area contributed by atoms with Gasteiger partial charge in [-0.15, -0.1) is 5.10 Å². The lowest BCUT2D eigenvalue weighted by molar-refractivity contribution is -0.142. The van der Waals surface area contributed by atoms with E-state index in [0.717, 1.165) is 37.3 Å². The number of carbonyl (C=O) groups is 1. The highest BCUT2D eigenvalue weighted by molar-refractivity contribution is 5.70. The van der Waals surface area contributed by atoms with Crippen molar-refractivity contribution in [1.29, 1.82) is 0 Å². The van der Waals surface area contributed by atoms with Gasteiger partial charge in [0.2, 0.25) is 0 Å². The largest absolute Gasteiger partial charge is 0.481 e. The first-order chi connectivity index (χ1) is 12.5. The molecule has 8 heteroatoms. The van der Waals surface area contributed by atoms with Crippen molar-refractivity contribution in [2.24, 2.45) is 18.9 Å². The second kappa shape index (κ2) is 7.41. The van der Waals surface area contributed by atoms with Crippen molar-refractivity contribution < 1.29 is 15.0 Å². The fraction of sp³-hybridized carbons (Fsp3) is 0.556. The van der Waals surface area contributed by atoms with Gasteiger partial charge in [-0.3, -0.25) is 4.79 Å². The normalized spacial score (nSPS) is 18.3. The molecule has 2 N–H and O–H groups in total. The summed E-state index contributed by atoms with van der Waals surface area (Å²) in [6.45, 7) is 5.25. The Morgan fingerprint density at radius 1 is 1.42 bits per heavy atom. The lowest BCUT2D eigenvalue weighted by Gasteiger charge is -2.22. The van der Waals surface area contributed by atoms with Gasteiger partial charge >= 0.3 is 5.97 Å². The number of aliphatic hydroxyl groups is 1. The number of aryl methyl sites for hydroxylation is 2. The molecule has 0 radical (unpaired) electrons. The van der Waals surface area contributed by atoms with E-state index in [0.29, 0.717) is 17.1 Å². The monoisotopic (exact) mass is 359 g/mol. The smallest absolute Gasteiger partial charge is 0.306 e. The number of nitrogens with zero attached hydrogens (tertiary/aromatic N) is 5. The number of carboxylic acid groups (broad SMARTS) is 1. The maximum absolute atomic E-state index is 11.3. The van der Waals surface area contributed by atoms with Crippen molar-refractivity contribution in [2.75, 3.05) is 18.0 Å². The van der Waals surface area contributed by atoms with E-state index >= 15 is 0 Å². The van der Waals surface area contributed by atoms with E-state index in [9.17, 15) is 15.0 Å². The molecular weight excluding hydrogens is 334 g/mol. The van der Waals surface area contributed by atoms with Crippen molar-refractivity contribution in [1.82, 2.24) is 20.0 Å². The van der Waals surface area contributed by atoms with Gasteiger partial charge in [-0.05, 0) is 30.9 Å². The number of pyridine rings is 1. The third-order valence-corrected chi connectivity index (χ3v) is 5.28. The van der Waals surface area contributed by atoms with Crippen LogP contribution in [0.1, 0.15) is 31.7 Å². The van der Waals surface area contributed by atoms with Crippen LogP contribution in [-0.2, 0) is 24.9 Å². The molecule has 140 valence electrons. The Morgan fingerprint density at radius 3 is 2.85 bits per heavy atom. The molecule has 8 nitrogen and oxygen atoms in total. The molecule has 3 heterocycles. The molecule has 1 unspecified atom stereocenters. The SMILES string of the molecule is CCc1nc(-c2nnn(C)c2CO)ccc1N1CC[C@@H](C(C)C(=O)O)C1. The Balaban J connectivity index is 1.87. The summed E-state index contributed by atoms with van der Waals surface area (Å²) < 4.78 is 1.55. The summed E-state index contributed by atoms with van der Waals surface area (Å²) in [6, 6.07) is 3.91. The predicted octanol–water partition coefficient (Wildman–Crippen LogP) is 1.48. The summed E-state index contributed by atoms with van der Waals surface area (Å²) in [7, 11) is 1.74. The summed E-state index contributed by atoms with van der Waals surface area (Å²) in [4.78, 5) is 18.2. The van der Waals surface area contributed by atoms with Gasteiger partial charge in [0, 0.05) is 20.1 Å². The first-order valence-corrected chi connectivity index (χ1v) is 8.93. The van der Waals surface area contributed by atoms with Crippen LogP contribution in [-0.4, -0.2) is 49.2 Å². The summed E-state index contributed by atoms with van der Waals surface area (Å²) >= 11 is 0. The number of aromatic nitrogens is 4. The van der Waals surface area contributed by atoms with Gasteiger partial charge < -0.3 is 15.1 Å². The molecule has 0 spiro atoms. The third-order valence-electron chi connectivity index (χ3n) is 5.28. The summed E-state index contributed by atoms with van der Waals surface area (Å²) in [5, 5.41) is 26.9. The number of aliphatic hydroxyl groups excluding tert-OH is 1. The number of aliphatic carboxylic acids is 1. The van der Waals surface area contributed by atoms with Crippen LogP contribution in [0.15, 0.2) is 12.1 Å². The van der Waals surface area contributed by atoms with Crippen molar-refractivity contribution in [3.63, 3.8) is 0 Å². The van der Waals surface area contributed by atoms with E-state index in [1.165, 1.54) is 0 Å². The molecule has 0 amide bonds. The zero-order valence-corrected chi connectivity index (χ0v) is 15.4. The van der Waals surface area contributed by atoms with E-state index in [-0.39, 0.29) is 18.4 Å². The molecule has 1 aliphatic heterocycles. The van der Waals surface area contributed by atoms with Crippen LogP contribution in [0, 0.1) is 11.8 Å². The van der Waals surface area contributed by atoms with Crippen LogP contribution in [0.25, 0.3) is 11.4 Å². The van der Waals surface area contributed by atoms with Gasteiger partial charge in [0.15, 0.2) is 0 Å². The average molecular weight is 359 g/mol. The Hall–Kier alpha value is -2.48. The fourth-order valence-electron chi connectivity index (χ4n) is 3.54. The first-order valence-electron chi connectivity index (χ1n) is 8.93. The van der Waals surface area contributed by atoms with Crippen LogP contribution in [0.3, 0.4) is 0 Å². The highest BCUT2D eigenvalue weighted by Crippen LogP contribution is 2.32. The number of hydrogen-bond acceptors (Lipinski definition) is 6. The molecule has 1 aliphatic rings. The van der Waals surface area contributed by atoms with E-state index < -0.39 is 5.97 Å². The number of anilines is 1. The Bertz CT molecular complexity index is 804. The number of hydrogen-bond donors (Lipinski definition) is 2. The topological polar surface area (TPSA) is 104 Å². The average Bonchev–Trinajstić information content (AvgIpc) is 3.27. The van der Waals surface area contributed by atoms with Crippen LogP contribution in [0.2, 0.25) is 0 Å². The summed E-state index contributed by atoms with van der Waals surface area (Å²) in [6.07, 6.45) is 1.63. The van der Waals surface area contributed by atoms with Crippen LogP contribution in [0.5, 0.6) is 0 Å². The molecule has 2 aromatic rings. The highest BCUT2D eigenvalue weighted by Gasteiger charge is 2.32. The van der Waals surface area contributed by atoms with Crippen LogP contribution >= 0.6 is 0 Å². The van der Waals surface area contributed by atoms with E-state index in [1.807, 2.05) is 19.1 Å². The predicted molar refractivity (Wildman–Crippen MR) is 96.7 cm³/mol. The molecule has 0 aliphatic carbocycles. The van der Waals surface area contributed by atoms with Crippen molar-refractivity contribution in [3.8, 4) is 11.4 Å². The molecule has 3 rings (SSSR count). The minimum Gasteiger partial charge on any atom is -0.481 e. The zero-order valence-electron chi connectivity index (χ0n) is 15.4. The molecule has 26 heavy (non-hydrogen) atoms. The fourth-order valence-corrected chi connectivity index (χ4v) is 3.54. The van der Waals surface area contributed by atoms with Gasteiger partial charge in [0.05, 0.1) is 35.3 Å². The molecule has 0 aromatic carbocycles. The molecule has 0 saturated carbocycles. The molecule has 1 saturated heterocycles. The molecule has 2 aromatic heterocycles. The second-order valence-corrected chi connectivity index (χ2v) is 6.80. The molecular formula is C18H25N5O3. The Labute approximate surface area is 152 Å². The second-order valence-electron chi connectivity index (χ2n) is 6.80. The van der Waals surface area contributed by atoms with Gasteiger partial charge in [-0.1, -0.05) is 19.1 Å². The maximum atomic E-state index is 11.3. The zero-order chi connectivity index (χ0) is 18.8. The Kier molecular flexibility index (Phi) is 5.22. The van der Waals surface area contributed by atoms with Crippen LogP contribution in [0.4, 0.5) is 5.69 Å². The highest BCUT2D eigenvalue weighted by atomic mass is 16.4. The first kappa shape index (κ1) is 18.3. The van der Waals surface area contributed by atoms with E-state index in [4.69, 9.17) is 4.98 Å². The van der Waals surface area contributed by atoms with Gasteiger partial charge in [0.1, 0.15) is 5.69 Å². The number of rotatable bonds is 6. The van der Waals surface area contributed by atoms with E-state index in [2.05, 4.69) is 15.2 Å². The minimum absolute atomic E-state index is 0.148. The lowest BCUT2D eigenvalue weighted by Crippen LogP contribution is -2.26. The third kappa shape index (κ3) is 3.29. The van der Waals surface area contributed by atoms with Gasteiger partial charge in [-0.2, -0.15) is 0 Å². The number of carboxylic acids is 1. The molecule has 2 atom stereocenters. The van der Waals surface area contributed by atoms with Gasteiger partial charge in [-0.25, -0.2) is 9.67 Å². The molecule has 1 fully saturated rings. The quantitative estimate of drug-likeness (QED) is 0.805. The van der Waals surface area contributed by atoms with Crippen LogP contribution < -0.4 is 4.90 Å².